The normalized spacial score (nSPS) is 11.2. The Hall–Kier alpha value is -2.08. The molecule has 0 aliphatic carbocycles. The van der Waals surface area contributed by atoms with Crippen LogP contribution in [0.25, 0.3) is 11.4 Å². The number of aromatic amines is 1. The first kappa shape index (κ1) is 16.8. The first-order valence-electron chi connectivity index (χ1n) is 8.03. The fourth-order valence-corrected chi connectivity index (χ4v) is 3.32. The number of aromatic nitrogens is 5. The summed E-state index contributed by atoms with van der Waals surface area (Å²) >= 11 is 3.54. The van der Waals surface area contributed by atoms with E-state index in [1.165, 1.54) is 16.7 Å². The Balaban J connectivity index is 1.74. The smallest absolute Gasteiger partial charge is 0.204 e. The largest absolute Gasteiger partial charge is 0.246 e. The molecule has 3 rings (SSSR count). The summed E-state index contributed by atoms with van der Waals surface area (Å²) in [4.78, 5) is 4.67. The summed E-state index contributed by atoms with van der Waals surface area (Å²) in [6, 6.07) is 10.4. The van der Waals surface area contributed by atoms with Gasteiger partial charge in [-0.3, -0.25) is 0 Å². The van der Waals surface area contributed by atoms with Crippen molar-refractivity contribution in [3.63, 3.8) is 0 Å². The number of nitrogens with one attached hydrogen (secondary N) is 1. The number of halogens is 1. The van der Waals surface area contributed by atoms with E-state index in [-0.39, 0.29) is 0 Å². The molecular weight excluding hydrogens is 366 g/mol. The van der Waals surface area contributed by atoms with E-state index in [9.17, 15) is 0 Å². The van der Waals surface area contributed by atoms with E-state index in [1.807, 2.05) is 12.1 Å². The Morgan fingerprint density at radius 2 is 1.88 bits per heavy atom. The third-order valence-electron chi connectivity index (χ3n) is 4.21. The highest BCUT2D eigenvalue weighted by molar-refractivity contribution is 9.10. The Kier molecular flexibility index (Phi) is 5.04. The maximum atomic E-state index is 4.67. The number of nitrogens with zero attached hydrogens (tertiary/aromatic N) is 4. The quantitative estimate of drug-likeness (QED) is 0.666. The van der Waals surface area contributed by atoms with Crippen molar-refractivity contribution in [1.82, 2.24) is 25.6 Å². The van der Waals surface area contributed by atoms with Gasteiger partial charge in [0.15, 0.2) is 0 Å². The average Bonchev–Trinajstić information content (AvgIpc) is 3.10. The van der Waals surface area contributed by atoms with Crippen LogP contribution in [0.5, 0.6) is 0 Å². The summed E-state index contributed by atoms with van der Waals surface area (Å²) in [6.45, 7) is 6.61. The summed E-state index contributed by atoms with van der Waals surface area (Å²) in [7, 11) is 0. The van der Waals surface area contributed by atoms with E-state index in [4.69, 9.17) is 0 Å². The summed E-state index contributed by atoms with van der Waals surface area (Å²) in [5.74, 6) is 1.12. The molecular formula is C18H20BrN5. The predicted molar refractivity (Wildman–Crippen MR) is 97.8 cm³/mol. The van der Waals surface area contributed by atoms with Gasteiger partial charge in [-0.05, 0) is 69.6 Å². The minimum atomic E-state index is 0.497. The van der Waals surface area contributed by atoms with Crippen LogP contribution in [0.3, 0.4) is 0 Å². The maximum Gasteiger partial charge on any atom is 0.204 e. The molecule has 5 nitrogen and oxygen atoms in total. The minimum absolute atomic E-state index is 0.497. The van der Waals surface area contributed by atoms with E-state index >= 15 is 0 Å². The minimum Gasteiger partial charge on any atom is -0.246 e. The highest BCUT2D eigenvalue weighted by Gasteiger charge is 2.11. The molecule has 2 aromatic heterocycles. The van der Waals surface area contributed by atoms with Gasteiger partial charge in [0.25, 0.3) is 0 Å². The molecule has 6 heteroatoms. The van der Waals surface area contributed by atoms with Crippen molar-refractivity contribution in [2.45, 2.75) is 39.5 Å². The number of benzene rings is 1. The number of tetrazole rings is 1. The fourth-order valence-electron chi connectivity index (χ4n) is 2.86. The van der Waals surface area contributed by atoms with Gasteiger partial charge >= 0.3 is 0 Å². The van der Waals surface area contributed by atoms with Gasteiger partial charge in [0, 0.05) is 11.3 Å². The Labute approximate surface area is 150 Å². The summed E-state index contributed by atoms with van der Waals surface area (Å²) < 4.78 is 0.916. The number of rotatable bonds is 5. The summed E-state index contributed by atoms with van der Waals surface area (Å²) in [5.41, 5.74) is 6.06. The Morgan fingerprint density at radius 3 is 2.50 bits per heavy atom. The molecule has 0 spiro atoms. The van der Waals surface area contributed by atoms with E-state index < -0.39 is 0 Å². The number of H-pyrrole nitrogens is 1. The fraction of sp³-hybridized carbons (Fsp3) is 0.333. The first-order valence-corrected chi connectivity index (χ1v) is 8.82. The second-order valence-corrected chi connectivity index (χ2v) is 7.01. The lowest BCUT2D eigenvalue weighted by Crippen LogP contribution is -2.03. The molecule has 1 aromatic carbocycles. The molecule has 0 aliphatic rings. The van der Waals surface area contributed by atoms with Crippen LogP contribution in [0.2, 0.25) is 0 Å². The van der Waals surface area contributed by atoms with Crippen molar-refractivity contribution in [2.24, 2.45) is 0 Å². The summed E-state index contributed by atoms with van der Waals surface area (Å²) in [6.07, 6.45) is 1.88. The van der Waals surface area contributed by atoms with Crippen molar-refractivity contribution >= 4 is 15.9 Å². The van der Waals surface area contributed by atoms with Crippen LogP contribution in [-0.2, 0) is 12.8 Å². The lowest BCUT2D eigenvalue weighted by molar-refractivity contribution is 0.821. The molecule has 1 N–H and O–H groups in total. The second kappa shape index (κ2) is 7.21. The third kappa shape index (κ3) is 3.70. The van der Waals surface area contributed by atoms with E-state index in [0.29, 0.717) is 11.7 Å². The molecule has 0 bridgehead atoms. The third-order valence-corrected chi connectivity index (χ3v) is 4.62. The van der Waals surface area contributed by atoms with Gasteiger partial charge in [0.1, 0.15) is 4.60 Å². The highest BCUT2D eigenvalue weighted by atomic mass is 79.9. The predicted octanol–water partition coefficient (Wildman–Crippen LogP) is 4.24. The second-order valence-electron chi connectivity index (χ2n) is 6.19. The number of hydrogen-bond donors (Lipinski definition) is 1. The van der Waals surface area contributed by atoms with Crippen LogP contribution in [0.4, 0.5) is 0 Å². The van der Waals surface area contributed by atoms with Crippen LogP contribution in [0.1, 0.15) is 42.1 Å². The molecule has 3 aromatic rings. The topological polar surface area (TPSA) is 67.3 Å². The van der Waals surface area contributed by atoms with Gasteiger partial charge in [-0.25, -0.2) is 4.98 Å². The van der Waals surface area contributed by atoms with E-state index in [0.717, 1.165) is 28.7 Å². The van der Waals surface area contributed by atoms with Crippen molar-refractivity contribution < 1.29 is 0 Å². The molecule has 0 saturated heterocycles. The summed E-state index contributed by atoms with van der Waals surface area (Å²) in [5, 5.41) is 14.1. The Bertz CT molecular complexity index is 810. The molecule has 0 fully saturated rings. The Morgan fingerprint density at radius 1 is 1.12 bits per heavy atom. The number of aryl methyl sites for hydroxylation is 2. The zero-order valence-electron chi connectivity index (χ0n) is 14.0. The van der Waals surface area contributed by atoms with E-state index in [1.54, 1.807) is 0 Å². The molecule has 24 heavy (non-hydrogen) atoms. The van der Waals surface area contributed by atoms with Crippen molar-refractivity contribution in [3.8, 4) is 11.4 Å². The molecule has 0 aliphatic heterocycles. The zero-order chi connectivity index (χ0) is 17.1. The van der Waals surface area contributed by atoms with Gasteiger partial charge < -0.3 is 0 Å². The molecule has 0 atom stereocenters. The van der Waals surface area contributed by atoms with Crippen molar-refractivity contribution in [1.29, 1.82) is 0 Å². The van der Waals surface area contributed by atoms with E-state index in [2.05, 4.69) is 80.5 Å². The number of pyridine rings is 1. The van der Waals surface area contributed by atoms with Crippen molar-refractivity contribution in [3.05, 3.63) is 57.3 Å². The molecule has 2 heterocycles. The average molecular weight is 386 g/mol. The van der Waals surface area contributed by atoms with Gasteiger partial charge in [0.05, 0.1) is 0 Å². The van der Waals surface area contributed by atoms with Crippen LogP contribution >= 0.6 is 15.9 Å². The van der Waals surface area contributed by atoms with Crippen LogP contribution in [0.15, 0.2) is 34.9 Å². The van der Waals surface area contributed by atoms with Crippen molar-refractivity contribution in [2.75, 3.05) is 0 Å². The highest BCUT2D eigenvalue weighted by Crippen LogP contribution is 2.25. The van der Waals surface area contributed by atoms with Crippen LogP contribution < -0.4 is 0 Å². The van der Waals surface area contributed by atoms with Gasteiger partial charge in [-0.1, -0.05) is 38.1 Å². The molecule has 0 amide bonds. The molecule has 0 radical (unpaired) electrons. The maximum absolute atomic E-state index is 4.67. The molecule has 0 unspecified atom stereocenters. The van der Waals surface area contributed by atoms with Gasteiger partial charge in [0.2, 0.25) is 5.82 Å². The monoisotopic (exact) mass is 385 g/mol. The van der Waals surface area contributed by atoms with Gasteiger partial charge in [-0.2, -0.15) is 5.21 Å². The number of hydrogen-bond acceptors (Lipinski definition) is 4. The zero-order valence-corrected chi connectivity index (χ0v) is 15.6. The standard InChI is InChI=1S/C18H20BrN5/c1-11(2)15-10-17(19)20-16(12(15)3)9-6-13-4-7-14(8-5-13)18-21-23-24-22-18/h4-5,7-8,10-11H,6,9H2,1-3H3,(H,21,22,23,24). The molecule has 0 saturated carbocycles. The van der Waals surface area contributed by atoms with Gasteiger partial charge in [-0.15, -0.1) is 10.2 Å². The van der Waals surface area contributed by atoms with Crippen LogP contribution in [0, 0.1) is 6.92 Å². The van der Waals surface area contributed by atoms with Crippen LogP contribution in [-0.4, -0.2) is 25.6 Å². The molecule has 124 valence electrons. The SMILES string of the molecule is Cc1c(C(C)C)cc(Br)nc1CCc1ccc(-c2nn[nH]n2)cc1. The lowest BCUT2D eigenvalue weighted by Gasteiger charge is -2.14. The first-order chi connectivity index (χ1) is 11.5. The lowest BCUT2D eigenvalue weighted by atomic mass is 9.95.